The molecule has 2 saturated heterocycles. The average molecular weight is 374 g/mol. The molecule has 2 aliphatic rings. The summed E-state index contributed by atoms with van der Waals surface area (Å²) in [6, 6.07) is 3.50. The number of imidazole rings is 1. The summed E-state index contributed by atoms with van der Waals surface area (Å²) in [5.74, 6) is -1.15. The van der Waals surface area contributed by atoms with Crippen molar-refractivity contribution in [1.29, 1.82) is 0 Å². The van der Waals surface area contributed by atoms with Crippen LogP contribution in [-0.4, -0.2) is 68.9 Å². The minimum atomic E-state index is -0.670. The van der Waals surface area contributed by atoms with E-state index in [-0.39, 0.29) is 24.8 Å². The Morgan fingerprint density at radius 1 is 1.33 bits per heavy atom. The lowest BCUT2D eigenvalue weighted by atomic mass is 9.78. The Morgan fingerprint density at radius 3 is 2.93 bits per heavy atom. The van der Waals surface area contributed by atoms with Crippen molar-refractivity contribution in [3.63, 3.8) is 0 Å². The minimum Gasteiger partial charge on any atom is -0.395 e. The Labute approximate surface area is 156 Å². The number of rotatable bonds is 3. The number of hydrogen-bond acceptors (Lipinski definition) is 4. The van der Waals surface area contributed by atoms with Gasteiger partial charge in [-0.25, -0.2) is 4.98 Å². The molecule has 0 aliphatic carbocycles. The molecule has 2 fully saturated rings. The maximum Gasteiger partial charge on any atom is 0.277 e. The molecule has 2 aromatic heterocycles. The molecule has 2 amide bonds. The van der Waals surface area contributed by atoms with Crippen LogP contribution < -0.4 is 0 Å². The molecule has 0 unspecified atom stereocenters. The molecule has 1 N–H and O–H groups in total. The molecule has 0 bridgehead atoms. The van der Waals surface area contributed by atoms with E-state index in [0.717, 1.165) is 12.0 Å². The normalized spacial score (nSPS) is 23.0. The monoisotopic (exact) mass is 374 g/mol. The molecule has 1 spiro atoms. The fraction of sp³-hybridized carbons (Fsp3) is 0.526. The average Bonchev–Trinajstić information content (AvgIpc) is 3.22. The lowest BCUT2D eigenvalue weighted by Crippen LogP contribution is -2.51. The van der Waals surface area contributed by atoms with Gasteiger partial charge in [-0.05, 0) is 37.8 Å². The van der Waals surface area contributed by atoms with Crippen LogP contribution in [0.2, 0.25) is 0 Å². The van der Waals surface area contributed by atoms with Gasteiger partial charge in [0.1, 0.15) is 5.65 Å². The Bertz CT molecular complexity index is 910. The van der Waals surface area contributed by atoms with Crippen molar-refractivity contribution in [2.24, 2.45) is 5.41 Å². The van der Waals surface area contributed by atoms with E-state index < -0.39 is 17.3 Å². The molecule has 7 nitrogen and oxygen atoms in total. The van der Waals surface area contributed by atoms with Gasteiger partial charge < -0.3 is 14.9 Å². The van der Waals surface area contributed by atoms with Crippen LogP contribution in [0, 0.1) is 18.3 Å². The quantitative estimate of drug-likeness (QED) is 0.877. The summed E-state index contributed by atoms with van der Waals surface area (Å²) in [6.07, 6.45) is 3.73. The van der Waals surface area contributed by atoms with Crippen LogP contribution >= 0.6 is 0 Å². The molecular weight excluding hydrogens is 351 g/mol. The number of amides is 2. The predicted molar refractivity (Wildman–Crippen MR) is 95.7 cm³/mol. The van der Waals surface area contributed by atoms with E-state index in [2.05, 4.69) is 4.98 Å². The van der Waals surface area contributed by atoms with Gasteiger partial charge in [-0.3, -0.25) is 14.0 Å². The van der Waals surface area contributed by atoms with E-state index in [4.69, 9.17) is 5.11 Å². The van der Waals surface area contributed by atoms with Gasteiger partial charge in [0.25, 0.3) is 5.91 Å². The van der Waals surface area contributed by atoms with Crippen molar-refractivity contribution in [3.05, 3.63) is 35.5 Å². The molecule has 1 atom stereocenters. The number of carbonyl (C=O) groups excluding carboxylic acids is 2. The summed E-state index contributed by atoms with van der Waals surface area (Å²) in [7, 11) is 0. The summed E-state index contributed by atoms with van der Waals surface area (Å²) < 4.78 is 16.0. The topological polar surface area (TPSA) is 78.2 Å². The Hall–Kier alpha value is -2.48. The van der Waals surface area contributed by atoms with Gasteiger partial charge in [0.2, 0.25) is 11.9 Å². The number of likely N-dealkylation sites (tertiary alicyclic amines) is 2. The third-order valence-corrected chi connectivity index (χ3v) is 5.75. The molecule has 0 aromatic carbocycles. The second kappa shape index (κ2) is 6.60. The molecule has 4 rings (SSSR count). The maximum absolute atomic E-state index is 14.7. The van der Waals surface area contributed by atoms with E-state index in [1.807, 2.05) is 13.0 Å². The number of carbonyl (C=O) groups is 2. The van der Waals surface area contributed by atoms with Crippen molar-refractivity contribution in [2.75, 3.05) is 32.8 Å². The lowest BCUT2D eigenvalue weighted by molar-refractivity contribution is -0.146. The van der Waals surface area contributed by atoms with Gasteiger partial charge in [-0.2, -0.15) is 4.39 Å². The van der Waals surface area contributed by atoms with Crippen LogP contribution in [0.3, 0.4) is 0 Å². The number of aryl methyl sites for hydroxylation is 1. The molecule has 0 radical (unpaired) electrons. The number of pyridine rings is 1. The first kappa shape index (κ1) is 17.9. The zero-order valence-electron chi connectivity index (χ0n) is 15.3. The number of nitrogens with zero attached hydrogens (tertiary/aromatic N) is 4. The SMILES string of the molecule is Cc1ccc2nc(C(=O)N3CC[C@@]4(CCCN(CCO)C4=O)C3)c(F)n2c1. The number of piperidine rings is 1. The first-order valence-electron chi connectivity index (χ1n) is 9.29. The summed E-state index contributed by atoms with van der Waals surface area (Å²) >= 11 is 0. The van der Waals surface area contributed by atoms with Crippen LogP contribution in [0.5, 0.6) is 0 Å². The Kier molecular flexibility index (Phi) is 4.38. The van der Waals surface area contributed by atoms with Crippen LogP contribution in [-0.2, 0) is 4.79 Å². The van der Waals surface area contributed by atoms with Crippen molar-refractivity contribution in [1.82, 2.24) is 19.2 Å². The standard InChI is InChI=1S/C19H23FN4O3/c1-13-3-4-14-21-15(16(20)24(14)11-13)17(26)23-8-6-19(12-23)5-2-7-22(9-10-25)18(19)27/h3-4,11,25H,2,5-10,12H2,1H3/t19-/m0/s1. The van der Waals surface area contributed by atoms with Crippen LogP contribution in [0.15, 0.2) is 18.3 Å². The Morgan fingerprint density at radius 2 is 2.15 bits per heavy atom. The molecule has 4 heterocycles. The van der Waals surface area contributed by atoms with Crippen LogP contribution in [0.4, 0.5) is 4.39 Å². The fourth-order valence-corrected chi connectivity index (χ4v) is 4.32. The van der Waals surface area contributed by atoms with Crippen molar-refractivity contribution in [2.45, 2.75) is 26.2 Å². The number of aliphatic hydroxyl groups excluding tert-OH is 1. The molecule has 144 valence electrons. The Balaban J connectivity index is 1.58. The highest BCUT2D eigenvalue weighted by molar-refractivity contribution is 5.94. The predicted octanol–water partition coefficient (Wildman–Crippen LogP) is 1.23. The smallest absolute Gasteiger partial charge is 0.277 e. The largest absolute Gasteiger partial charge is 0.395 e. The summed E-state index contributed by atoms with van der Waals surface area (Å²) in [5, 5.41) is 9.16. The molecule has 2 aliphatic heterocycles. The minimum absolute atomic E-state index is 0.0100. The maximum atomic E-state index is 14.7. The van der Waals surface area contributed by atoms with Crippen molar-refractivity contribution < 1.29 is 19.1 Å². The number of aliphatic hydroxyl groups is 1. The third-order valence-electron chi connectivity index (χ3n) is 5.75. The van der Waals surface area contributed by atoms with E-state index in [9.17, 15) is 14.0 Å². The van der Waals surface area contributed by atoms with Crippen molar-refractivity contribution >= 4 is 17.5 Å². The second-order valence-corrected chi connectivity index (χ2v) is 7.56. The molecular formula is C19H23FN4O3. The second-order valence-electron chi connectivity index (χ2n) is 7.56. The number of β-amino-alcohol motifs (C(OH)–C–C–N with tert-alkyl or cyclic N) is 1. The highest BCUT2D eigenvalue weighted by Gasteiger charge is 2.49. The number of halogens is 1. The molecule has 27 heavy (non-hydrogen) atoms. The van der Waals surface area contributed by atoms with Crippen LogP contribution in [0.25, 0.3) is 5.65 Å². The highest BCUT2D eigenvalue weighted by Crippen LogP contribution is 2.40. The van der Waals surface area contributed by atoms with Gasteiger partial charge in [0.05, 0.1) is 12.0 Å². The number of hydrogen-bond donors (Lipinski definition) is 1. The zero-order valence-corrected chi connectivity index (χ0v) is 15.3. The van der Waals surface area contributed by atoms with Crippen molar-refractivity contribution in [3.8, 4) is 0 Å². The van der Waals surface area contributed by atoms with E-state index in [1.54, 1.807) is 17.2 Å². The third kappa shape index (κ3) is 2.88. The van der Waals surface area contributed by atoms with Gasteiger partial charge in [0, 0.05) is 32.4 Å². The highest BCUT2D eigenvalue weighted by atomic mass is 19.1. The number of fused-ring (bicyclic) bond motifs is 1. The van der Waals surface area contributed by atoms with Gasteiger partial charge in [0.15, 0.2) is 5.69 Å². The summed E-state index contributed by atoms with van der Waals surface area (Å²) in [6.45, 7) is 3.40. The van der Waals surface area contributed by atoms with Gasteiger partial charge in [-0.1, -0.05) is 6.07 Å². The zero-order chi connectivity index (χ0) is 19.2. The molecule has 8 heteroatoms. The van der Waals surface area contributed by atoms with Gasteiger partial charge in [-0.15, -0.1) is 0 Å². The van der Waals surface area contributed by atoms with E-state index in [1.165, 1.54) is 9.30 Å². The van der Waals surface area contributed by atoms with Gasteiger partial charge >= 0.3 is 0 Å². The molecule has 2 aromatic rings. The summed E-state index contributed by atoms with van der Waals surface area (Å²) in [5.41, 5.74) is 0.441. The lowest BCUT2D eigenvalue weighted by Gasteiger charge is -2.39. The molecule has 0 saturated carbocycles. The van der Waals surface area contributed by atoms with E-state index >= 15 is 0 Å². The van der Waals surface area contributed by atoms with E-state index in [0.29, 0.717) is 38.1 Å². The first-order valence-corrected chi connectivity index (χ1v) is 9.29. The summed E-state index contributed by atoms with van der Waals surface area (Å²) in [4.78, 5) is 33.2. The fourth-order valence-electron chi connectivity index (χ4n) is 4.32. The first-order chi connectivity index (χ1) is 12.9. The van der Waals surface area contributed by atoms with Crippen LogP contribution in [0.1, 0.15) is 35.3 Å². The number of aromatic nitrogens is 2.